The number of benzene rings is 2. The predicted molar refractivity (Wildman–Crippen MR) is 136 cm³/mol. The van der Waals surface area contributed by atoms with Crippen molar-refractivity contribution in [3.05, 3.63) is 71.3 Å². The summed E-state index contributed by atoms with van der Waals surface area (Å²) in [4.78, 5) is 40.7. The van der Waals surface area contributed by atoms with Crippen molar-refractivity contribution < 1.29 is 32.3 Å². The third-order valence-corrected chi connectivity index (χ3v) is 7.00. The summed E-state index contributed by atoms with van der Waals surface area (Å²) in [6, 6.07) is 13.9. The Labute approximate surface area is 220 Å². The van der Waals surface area contributed by atoms with Gasteiger partial charge in [0.05, 0.1) is 5.56 Å². The summed E-state index contributed by atoms with van der Waals surface area (Å²) in [5.41, 5.74) is -1.26. The van der Waals surface area contributed by atoms with Gasteiger partial charge in [0.1, 0.15) is 11.1 Å². The largest absolute Gasteiger partial charge is 0.444 e. The minimum Gasteiger partial charge on any atom is -0.444 e. The Bertz CT molecular complexity index is 1170. The second kappa shape index (κ2) is 10.4. The maximum atomic E-state index is 13.7. The number of ketones is 1. The number of carbonyl (C=O) groups is 3. The number of ether oxygens (including phenoxy) is 1. The molecule has 0 spiro atoms. The van der Waals surface area contributed by atoms with Gasteiger partial charge in [-0.1, -0.05) is 42.5 Å². The monoisotopic (exact) mass is 530 g/mol. The molecule has 1 heterocycles. The van der Waals surface area contributed by atoms with Gasteiger partial charge in [-0.3, -0.25) is 9.59 Å². The molecule has 2 atom stereocenters. The number of hydrogen-bond acceptors (Lipinski definition) is 4. The Morgan fingerprint density at radius 1 is 0.974 bits per heavy atom. The van der Waals surface area contributed by atoms with E-state index in [0.29, 0.717) is 36.9 Å². The van der Waals surface area contributed by atoms with Crippen LogP contribution in [0.2, 0.25) is 0 Å². The molecule has 2 aromatic rings. The minimum atomic E-state index is -4.44. The van der Waals surface area contributed by atoms with Crippen molar-refractivity contribution in [2.45, 2.75) is 69.7 Å². The van der Waals surface area contributed by atoms with Gasteiger partial charge in [-0.15, -0.1) is 0 Å². The molecule has 1 aliphatic heterocycles. The Morgan fingerprint density at radius 3 is 2.16 bits per heavy atom. The Morgan fingerprint density at radius 2 is 1.61 bits per heavy atom. The fourth-order valence-electron chi connectivity index (χ4n) is 5.03. The molecular weight excluding hydrogens is 497 g/mol. The van der Waals surface area contributed by atoms with Gasteiger partial charge < -0.3 is 15.0 Å². The number of piperidine rings is 1. The smallest absolute Gasteiger partial charge is 0.416 e. The van der Waals surface area contributed by atoms with Crippen LogP contribution in [0.3, 0.4) is 0 Å². The summed E-state index contributed by atoms with van der Waals surface area (Å²) >= 11 is 0. The Kier molecular flexibility index (Phi) is 7.59. The van der Waals surface area contributed by atoms with E-state index in [-0.39, 0.29) is 36.5 Å². The van der Waals surface area contributed by atoms with Crippen LogP contribution in [0.15, 0.2) is 54.6 Å². The first-order valence-electron chi connectivity index (χ1n) is 12.8. The highest BCUT2D eigenvalue weighted by atomic mass is 19.4. The fraction of sp³-hybridized carbons (Fsp3) is 0.483. The average Bonchev–Trinajstić information content (AvgIpc) is 3.62. The van der Waals surface area contributed by atoms with Gasteiger partial charge in [0.25, 0.3) is 0 Å². The number of alkyl carbamates (subject to hydrolysis) is 1. The number of likely N-dealkylation sites (tertiary alicyclic amines) is 1. The number of carbonyl (C=O) groups excluding carboxylic acids is 3. The second-order valence-electron chi connectivity index (χ2n) is 11.3. The highest BCUT2D eigenvalue weighted by Crippen LogP contribution is 2.41. The molecule has 2 fully saturated rings. The quantitative estimate of drug-likeness (QED) is 0.467. The van der Waals surface area contributed by atoms with Crippen LogP contribution in [0, 0.1) is 5.92 Å². The average molecular weight is 531 g/mol. The first-order valence-corrected chi connectivity index (χ1v) is 12.8. The van der Waals surface area contributed by atoms with Crippen molar-refractivity contribution in [3.63, 3.8) is 0 Å². The molecule has 2 amide bonds. The first kappa shape index (κ1) is 27.7. The number of amides is 2. The molecule has 2 aromatic carbocycles. The lowest BCUT2D eigenvalue weighted by molar-refractivity contribution is -0.137. The number of nitrogens with zero attached hydrogens (tertiary/aromatic N) is 1. The summed E-state index contributed by atoms with van der Waals surface area (Å²) in [7, 11) is 0. The van der Waals surface area contributed by atoms with Crippen LogP contribution in [0.4, 0.5) is 18.0 Å². The zero-order valence-corrected chi connectivity index (χ0v) is 21.8. The Balaban J connectivity index is 1.54. The topological polar surface area (TPSA) is 75.7 Å². The van der Waals surface area contributed by atoms with Crippen molar-refractivity contribution in [1.82, 2.24) is 10.2 Å². The number of rotatable bonds is 6. The van der Waals surface area contributed by atoms with E-state index >= 15 is 0 Å². The summed E-state index contributed by atoms with van der Waals surface area (Å²) in [5, 5.41) is 2.74. The molecule has 1 saturated carbocycles. The molecule has 6 nitrogen and oxygen atoms in total. The van der Waals surface area contributed by atoms with E-state index in [1.54, 1.807) is 49.9 Å². The molecule has 0 radical (unpaired) electrons. The molecular formula is C29H33F3N2O4. The summed E-state index contributed by atoms with van der Waals surface area (Å²) < 4.78 is 44.7. The molecule has 38 heavy (non-hydrogen) atoms. The van der Waals surface area contributed by atoms with Gasteiger partial charge in [-0.25, -0.2) is 4.79 Å². The first-order chi connectivity index (χ1) is 17.8. The second-order valence-corrected chi connectivity index (χ2v) is 11.3. The SMILES string of the molecule is CC(C)(C)OC(=O)NC1(C(=O)N2CC(CC(=O)c3ccccc3)CC(c3ccc(C(F)(F)F)cc3)C2)CC1. The zero-order valence-electron chi connectivity index (χ0n) is 21.8. The van der Waals surface area contributed by atoms with Crippen LogP contribution < -0.4 is 5.32 Å². The normalized spacial score (nSPS) is 20.9. The molecule has 204 valence electrons. The van der Waals surface area contributed by atoms with Crippen molar-refractivity contribution in [3.8, 4) is 0 Å². The lowest BCUT2D eigenvalue weighted by Gasteiger charge is -2.40. The molecule has 1 N–H and O–H groups in total. The summed E-state index contributed by atoms with van der Waals surface area (Å²) in [6.07, 6.45) is -3.41. The predicted octanol–water partition coefficient (Wildman–Crippen LogP) is 5.97. The number of alkyl halides is 3. The van der Waals surface area contributed by atoms with Gasteiger partial charge in [0.2, 0.25) is 5.91 Å². The van der Waals surface area contributed by atoms with Crippen molar-refractivity contribution in [1.29, 1.82) is 0 Å². The van der Waals surface area contributed by atoms with Crippen molar-refractivity contribution >= 4 is 17.8 Å². The van der Waals surface area contributed by atoms with Gasteiger partial charge >= 0.3 is 12.3 Å². The molecule has 2 aliphatic rings. The van der Waals surface area contributed by atoms with Crippen LogP contribution in [0.1, 0.15) is 73.9 Å². The van der Waals surface area contributed by atoms with E-state index in [9.17, 15) is 27.6 Å². The standard InChI is InChI=1S/C29H33F3N2O4/c1-27(2,3)38-26(37)33-28(13-14-28)25(36)34-17-19(16-24(35)21-7-5-4-6-8-21)15-22(18-34)20-9-11-23(12-10-20)29(30,31)32/h4-12,19,22H,13-18H2,1-3H3,(H,33,37). The van der Waals surface area contributed by atoms with Crippen LogP contribution in [-0.4, -0.2) is 46.9 Å². The van der Waals surface area contributed by atoms with Crippen LogP contribution >= 0.6 is 0 Å². The van der Waals surface area contributed by atoms with E-state index in [4.69, 9.17) is 4.74 Å². The molecule has 1 saturated heterocycles. The maximum Gasteiger partial charge on any atom is 0.416 e. The zero-order chi connectivity index (χ0) is 27.7. The summed E-state index contributed by atoms with van der Waals surface area (Å²) in [6.45, 7) is 5.83. The molecule has 0 aromatic heterocycles. The summed E-state index contributed by atoms with van der Waals surface area (Å²) in [5.74, 6) is -0.743. The van der Waals surface area contributed by atoms with Gasteiger partial charge in [-0.2, -0.15) is 13.2 Å². The molecule has 2 unspecified atom stereocenters. The Hall–Kier alpha value is -3.36. The highest BCUT2D eigenvalue weighted by molar-refractivity contribution is 5.96. The molecule has 4 rings (SSSR count). The fourth-order valence-corrected chi connectivity index (χ4v) is 5.03. The number of hydrogen-bond donors (Lipinski definition) is 1. The molecule has 9 heteroatoms. The number of Topliss-reactive ketones (excluding diaryl/α,β-unsaturated/α-hetero) is 1. The van der Waals surface area contributed by atoms with E-state index in [1.165, 1.54) is 12.1 Å². The molecule has 0 bridgehead atoms. The van der Waals surface area contributed by atoms with Gasteiger partial charge in [0.15, 0.2) is 5.78 Å². The lowest BCUT2D eigenvalue weighted by Crippen LogP contribution is -2.55. The van der Waals surface area contributed by atoms with Crippen LogP contribution in [0.5, 0.6) is 0 Å². The lowest BCUT2D eigenvalue weighted by atomic mass is 9.81. The number of halogens is 3. The van der Waals surface area contributed by atoms with Crippen molar-refractivity contribution in [2.75, 3.05) is 13.1 Å². The number of nitrogens with one attached hydrogen (secondary N) is 1. The van der Waals surface area contributed by atoms with Crippen LogP contribution in [-0.2, 0) is 15.7 Å². The third kappa shape index (κ3) is 6.74. The van der Waals surface area contributed by atoms with E-state index in [2.05, 4.69) is 5.32 Å². The molecule has 1 aliphatic carbocycles. The van der Waals surface area contributed by atoms with E-state index in [0.717, 1.165) is 12.1 Å². The van der Waals surface area contributed by atoms with Gasteiger partial charge in [-0.05, 0) is 63.6 Å². The highest BCUT2D eigenvalue weighted by Gasteiger charge is 2.54. The van der Waals surface area contributed by atoms with E-state index in [1.807, 2.05) is 6.07 Å². The van der Waals surface area contributed by atoms with Crippen molar-refractivity contribution in [2.24, 2.45) is 5.92 Å². The van der Waals surface area contributed by atoms with Crippen LogP contribution in [0.25, 0.3) is 0 Å². The maximum absolute atomic E-state index is 13.7. The van der Waals surface area contributed by atoms with Gasteiger partial charge in [0, 0.05) is 31.0 Å². The van der Waals surface area contributed by atoms with E-state index < -0.39 is 29.0 Å². The third-order valence-electron chi connectivity index (χ3n) is 7.00. The minimum absolute atomic E-state index is 0.0518.